The first-order valence-electron chi connectivity index (χ1n) is 6.67. The quantitative estimate of drug-likeness (QED) is 0.754. The van der Waals surface area contributed by atoms with Crippen LogP contribution < -0.4 is 0 Å². The minimum Gasteiger partial charge on any atom is -0.345 e. The molecule has 2 aliphatic rings. The lowest BCUT2D eigenvalue weighted by atomic mass is 10.0. The molecule has 0 amide bonds. The molecule has 0 spiro atoms. The molecule has 1 aliphatic carbocycles. The predicted octanol–water partition coefficient (Wildman–Crippen LogP) is 5.13. The Bertz CT molecular complexity index is 488. The SMILES string of the molecule is S=c1nc(C2CCCS2)[nH]c(C2CCCC2)c1Br. The third-order valence-electron chi connectivity index (χ3n) is 3.91. The molecule has 1 saturated carbocycles. The van der Waals surface area contributed by atoms with Gasteiger partial charge >= 0.3 is 0 Å². The summed E-state index contributed by atoms with van der Waals surface area (Å²) < 4.78 is 1.76. The maximum Gasteiger partial charge on any atom is 0.144 e. The smallest absolute Gasteiger partial charge is 0.144 e. The molecule has 1 unspecified atom stereocenters. The van der Waals surface area contributed by atoms with E-state index < -0.39 is 0 Å². The van der Waals surface area contributed by atoms with Crippen molar-refractivity contribution in [1.29, 1.82) is 0 Å². The fourth-order valence-electron chi connectivity index (χ4n) is 2.94. The van der Waals surface area contributed by atoms with Crippen molar-refractivity contribution in [2.75, 3.05) is 5.75 Å². The Morgan fingerprint density at radius 2 is 2.00 bits per heavy atom. The number of nitrogens with one attached hydrogen (secondary N) is 1. The van der Waals surface area contributed by atoms with Gasteiger partial charge in [0, 0.05) is 11.6 Å². The Balaban J connectivity index is 1.98. The molecular weight excluding hydrogens is 328 g/mol. The van der Waals surface area contributed by atoms with E-state index in [4.69, 9.17) is 12.2 Å². The highest BCUT2D eigenvalue weighted by atomic mass is 79.9. The summed E-state index contributed by atoms with van der Waals surface area (Å²) >= 11 is 11.0. The number of thioether (sulfide) groups is 1. The van der Waals surface area contributed by atoms with Crippen LogP contribution in [0.1, 0.15) is 61.2 Å². The summed E-state index contributed by atoms with van der Waals surface area (Å²) in [6.07, 6.45) is 7.78. The van der Waals surface area contributed by atoms with Gasteiger partial charge in [-0.25, -0.2) is 4.98 Å². The summed E-state index contributed by atoms with van der Waals surface area (Å²) in [4.78, 5) is 8.17. The van der Waals surface area contributed by atoms with Gasteiger partial charge in [0.25, 0.3) is 0 Å². The second kappa shape index (κ2) is 5.63. The van der Waals surface area contributed by atoms with Crippen molar-refractivity contribution in [2.45, 2.75) is 49.7 Å². The zero-order valence-electron chi connectivity index (χ0n) is 10.2. The third kappa shape index (κ3) is 2.54. The zero-order valence-corrected chi connectivity index (χ0v) is 13.5. The molecule has 1 saturated heterocycles. The number of H-pyrrole nitrogens is 1. The molecule has 3 rings (SSSR count). The topological polar surface area (TPSA) is 28.7 Å². The molecule has 2 nitrogen and oxygen atoms in total. The first-order valence-corrected chi connectivity index (χ1v) is 8.92. The van der Waals surface area contributed by atoms with Gasteiger partial charge in [0.1, 0.15) is 10.5 Å². The lowest BCUT2D eigenvalue weighted by molar-refractivity contribution is 0.668. The fraction of sp³-hybridized carbons (Fsp3) is 0.692. The molecule has 0 aromatic carbocycles. The minimum atomic E-state index is 0.528. The molecule has 1 atom stereocenters. The molecule has 98 valence electrons. The minimum absolute atomic E-state index is 0.528. The highest BCUT2D eigenvalue weighted by molar-refractivity contribution is 9.10. The molecule has 1 aliphatic heterocycles. The molecule has 1 aromatic heterocycles. The highest BCUT2D eigenvalue weighted by Crippen LogP contribution is 2.41. The van der Waals surface area contributed by atoms with Gasteiger partial charge in [-0.15, -0.1) is 0 Å². The summed E-state index contributed by atoms with van der Waals surface area (Å²) in [5.74, 6) is 3.00. The van der Waals surface area contributed by atoms with Crippen LogP contribution in [0.15, 0.2) is 4.47 Å². The van der Waals surface area contributed by atoms with Gasteiger partial charge in [-0.3, -0.25) is 0 Å². The molecule has 2 fully saturated rings. The first-order chi connectivity index (χ1) is 8.75. The van der Waals surface area contributed by atoms with Crippen LogP contribution in [0.2, 0.25) is 0 Å². The summed E-state index contributed by atoms with van der Waals surface area (Å²) in [5.41, 5.74) is 1.30. The largest absolute Gasteiger partial charge is 0.345 e. The zero-order chi connectivity index (χ0) is 12.5. The normalized spacial score (nSPS) is 24.8. The molecule has 5 heteroatoms. The van der Waals surface area contributed by atoms with E-state index in [1.807, 2.05) is 11.8 Å². The number of hydrogen-bond acceptors (Lipinski definition) is 3. The van der Waals surface area contributed by atoms with Crippen LogP contribution in [-0.2, 0) is 0 Å². The van der Waals surface area contributed by atoms with E-state index in [0.29, 0.717) is 11.2 Å². The van der Waals surface area contributed by atoms with Gasteiger partial charge < -0.3 is 4.98 Å². The average Bonchev–Trinajstić information content (AvgIpc) is 3.03. The van der Waals surface area contributed by atoms with Crippen molar-refractivity contribution >= 4 is 39.9 Å². The molecule has 0 radical (unpaired) electrons. The van der Waals surface area contributed by atoms with Crippen molar-refractivity contribution in [3.63, 3.8) is 0 Å². The first kappa shape index (κ1) is 13.1. The van der Waals surface area contributed by atoms with E-state index in [-0.39, 0.29) is 0 Å². The molecule has 2 heterocycles. The van der Waals surface area contributed by atoms with Crippen LogP contribution in [-0.4, -0.2) is 15.7 Å². The van der Waals surface area contributed by atoms with E-state index in [1.54, 1.807) is 0 Å². The van der Waals surface area contributed by atoms with E-state index in [2.05, 4.69) is 25.9 Å². The van der Waals surface area contributed by atoms with E-state index >= 15 is 0 Å². The Morgan fingerprint density at radius 1 is 1.22 bits per heavy atom. The van der Waals surface area contributed by atoms with Gasteiger partial charge in [-0.05, 0) is 47.4 Å². The molecule has 0 bridgehead atoms. The summed E-state index contributed by atoms with van der Waals surface area (Å²) in [6.45, 7) is 0. The van der Waals surface area contributed by atoms with E-state index in [0.717, 1.165) is 14.9 Å². The maximum absolute atomic E-state index is 5.41. The van der Waals surface area contributed by atoms with Crippen LogP contribution in [0.4, 0.5) is 0 Å². The molecular formula is C13H17BrN2S2. The average molecular weight is 345 g/mol. The molecule has 18 heavy (non-hydrogen) atoms. The van der Waals surface area contributed by atoms with Crippen molar-refractivity contribution in [3.8, 4) is 0 Å². The fourth-order valence-corrected chi connectivity index (χ4v) is 4.88. The monoisotopic (exact) mass is 344 g/mol. The van der Waals surface area contributed by atoms with Crippen molar-refractivity contribution in [2.24, 2.45) is 0 Å². The molecule has 1 aromatic rings. The maximum atomic E-state index is 5.41. The Morgan fingerprint density at radius 3 is 2.67 bits per heavy atom. The summed E-state index contributed by atoms with van der Waals surface area (Å²) in [6, 6.07) is 0. The lowest BCUT2D eigenvalue weighted by Crippen LogP contribution is -2.06. The summed E-state index contributed by atoms with van der Waals surface area (Å²) in [7, 11) is 0. The lowest BCUT2D eigenvalue weighted by Gasteiger charge is -2.16. The van der Waals surface area contributed by atoms with Crippen molar-refractivity contribution in [3.05, 3.63) is 20.6 Å². The van der Waals surface area contributed by atoms with Crippen LogP contribution in [0.5, 0.6) is 0 Å². The van der Waals surface area contributed by atoms with Gasteiger partial charge in [-0.1, -0.05) is 25.1 Å². The van der Waals surface area contributed by atoms with Gasteiger partial charge in [-0.2, -0.15) is 11.8 Å². The van der Waals surface area contributed by atoms with Crippen LogP contribution in [0.3, 0.4) is 0 Å². The second-order valence-electron chi connectivity index (χ2n) is 5.14. The van der Waals surface area contributed by atoms with Crippen LogP contribution >= 0.6 is 39.9 Å². The second-order valence-corrected chi connectivity index (χ2v) is 7.63. The third-order valence-corrected chi connectivity index (χ3v) is 6.65. The number of hydrogen-bond donors (Lipinski definition) is 1. The van der Waals surface area contributed by atoms with Gasteiger partial charge in [0.2, 0.25) is 0 Å². The molecule has 1 N–H and O–H groups in total. The number of aromatic amines is 1. The standard InChI is InChI=1S/C13H17BrN2S2/c14-10-11(8-4-1-2-5-8)15-12(16-13(10)17)9-6-3-7-18-9/h8-9H,1-7H2,(H,15,16,17). The van der Waals surface area contributed by atoms with Crippen LogP contribution in [0, 0.1) is 4.64 Å². The number of nitrogens with zero attached hydrogens (tertiary/aromatic N) is 1. The van der Waals surface area contributed by atoms with E-state index in [1.165, 1.54) is 50.0 Å². The predicted molar refractivity (Wildman–Crippen MR) is 82.8 cm³/mol. The van der Waals surface area contributed by atoms with Crippen LogP contribution in [0.25, 0.3) is 0 Å². The summed E-state index contributed by atoms with van der Waals surface area (Å²) in [5, 5.41) is 0.528. The number of halogens is 1. The van der Waals surface area contributed by atoms with Crippen molar-refractivity contribution < 1.29 is 0 Å². The van der Waals surface area contributed by atoms with E-state index in [9.17, 15) is 0 Å². The van der Waals surface area contributed by atoms with Gasteiger partial charge in [0.15, 0.2) is 0 Å². The highest BCUT2D eigenvalue weighted by Gasteiger charge is 2.25. The Kier molecular flexibility index (Phi) is 4.11. The Labute approximate surface area is 125 Å². The Hall–Kier alpha value is 0.130. The number of aromatic nitrogens is 2. The number of rotatable bonds is 2. The van der Waals surface area contributed by atoms with Crippen molar-refractivity contribution in [1.82, 2.24) is 9.97 Å². The van der Waals surface area contributed by atoms with Gasteiger partial charge in [0.05, 0.1) is 9.72 Å².